The van der Waals surface area contributed by atoms with E-state index in [2.05, 4.69) is 18.2 Å². The number of ether oxygens (including phenoxy) is 1. The maximum absolute atomic E-state index is 10.4. The summed E-state index contributed by atoms with van der Waals surface area (Å²) in [7, 11) is 3.84. The number of halogens is 1. The summed E-state index contributed by atoms with van der Waals surface area (Å²) in [4.78, 5) is 12.4. The number of likely N-dealkylation sites (N-methyl/N-ethyl adjacent to an activating group) is 1. The van der Waals surface area contributed by atoms with E-state index in [-0.39, 0.29) is 12.1 Å². The first-order valence-corrected chi connectivity index (χ1v) is 4.24. The summed E-state index contributed by atoms with van der Waals surface area (Å²) in [6, 6.07) is 0. The Hall–Kier alpha value is -0.580. The van der Waals surface area contributed by atoms with Gasteiger partial charge < -0.3 is 15.8 Å². The summed E-state index contributed by atoms with van der Waals surface area (Å²) >= 11 is 4.64. The number of hydrogen-bond donors (Lipinski definition) is 1. The topological polar surface area (TPSA) is 64.5 Å². The molecule has 0 aromatic carbocycles. The van der Waals surface area contributed by atoms with Gasteiger partial charge in [-0.15, -0.1) is 11.6 Å². The van der Waals surface area contributed by atoms with Gasteiger partial charge >= 0.3 is 5.97 Å². The Balaban J connectivity index is -0.000000309. The molecule has 80 valence electrons. The van der Waals surface area contributed by atoms with Crippen LogP contribution in [0.15, 0.2) is 12.7 Å². The van der Waals surface area contributed by atoms with Crippen molar-refractivity contribution in [2.45, 2.75) is 0 Å². The van der Waals surface area contributed by atoms with Crippen LogP contribution in [0, 0.1) is 0 Å². The molecule has 0 aliphatic heterocycles. The Morgan fingerprint density at radius 2 is 2.00 bits per heavy atom. The first-order valence-electron chi connectivity index (χ1n) is 3.48. The van der Waals surface area contributed by atoms with Crippen LogP contribution < -0.4 is 6.15 Å². The summed E-state index contributed by atoms with van der Waals surface area (Å²) < 4.78 is 4.70. The lowest BCUT2D eigenvalue weighted by Gasteiger charge is -2.07. The van der Waals surface area contributed by atoms with Crippen molar-refractivity contribution in [1.29, 1.82) is 0 Å². The Kier molecular flexibility index (Phi) is 19.6. The predicted molar refractivity (Wildman–Crippen MR) is 56.5 cm³/mol. The minimum atomic E-state index is -0.359. The highest BCUT2D eigenvalue weighted by Gasteiger charge is 1.94. The van der Waals surface area contributed by atoms with Crippen LogP contribution in [0.5, 0.6) is 0 Å². The molecule has 0 aliphatic carbocycles. The van der Waals surface area contributed by atoms with E-state index in [1.165, 1.54) is 6.38 Å². The molecule has 0 saturated carbocycles. The van der Waals surface area contributed by atoms with E-state index in [0.29, 0.717) is 6.61 Å². The van der Waals surface area contributed by atoms with Crippen LogP contribution >= 0.6 is 11.6 Å². The van der Waals surface area contributed by atoms with Crippen LogP contribution in [0.2, 0.25) is 0 Å². The molecule has 0 bridgehead atoms. The first kappa shape index (κ1) is 18.3. The molecule has 4 nitrogen and oxygen atoms in total. The minimum absolute atomic E-state index is 0. The van der Waals surface area contributed by atoms with E-state index >= 15 is 0 Å². The summed E-state index contributed by atoms with van der Waals surface area (Å²) in [5.41, 5.74) is 0. The van der Waals surface area contributed by atoms with E-state index in [9.17, 15) is 4.79 Å². The molecule has 3 N–H and O–H groups in total. The second kappa shape index (κ2) is 14.0. The fourth-order valence-electron chi connectivity index (χ4n) is 0.388. The van der Waals surface area contributed by atoms with Crippen molar-refractivity contribution in [1.82, 2.24) is 11.1 Å². The van der Waals surface area contributed by atoms with Gasteiger partial charge in [-0.05, 0) is 14.1 Å². The molecule has 0 saturated heterocycles. The molecule has 0 aliphatic rings. The van der Waals surface area contributed by atoms with Crippen molar-refractivity contribution in [3.63, 3.8) is 0 Å². The summed E-state index contributed by atoms with van der Waals surface area (Å²) in [5.74, 6) is -0.359. The fraction of sp³-hybridized carbons (Fsp3) is 0.625. The van der Waals surface area contributed by atoms with Gasteiger partial charge in [-0.1, -0.05) is 6.58 Å². The van der Waals surface area contributed by atoms with Crippen LogP contribution in [0.3, 0.4) is 0 Å². The van der Waals surface area contributed by atoms with Gasteiger partial charge in [0.1, 0.15) is 6.61 Å². The van der Waals surface area contributed by atoms with Gasteiger partial charge in [0.15, 0.2) is 0 Å². The van der Waals surface area contributed by atoms with Gasteiger partial charge in [-0.3, -0.25) is 0 Å². The smallest absolute Gasteiger partial charge is 0.330 e. The molecule has 0 heterocycles. The Morgan fingerprint density at radius 3 is 2.31 bits per heavy atom. The number of esters is 1. The van der Waals surface area contributed by atoms with Crippen LogP contribution in [0.4, 0.5) is 0 Å². The fourth-order valence-corrected chi connectivity index (χ4v) is 0.388. The van der Waals surface area contributed by atoms with Gasteiger partial charge in [0, 0.05) is 19.0 Å². The van der Waals surface area contributed by atoms with Gasteiger partial charge in [0.2, 0.25) is 0 Å². The molecule has 0 aromatic rings. The summed E-state index contributed by atoms with van der Waals surface area (Å²) in [5, 5.41) is 0. The van der Waals surface area contributed by atoms with Crippen molar-refractivity contribution in [2.24, 2.45) is 0 Å². The maximum atomic E-state index is 10.4. The molecule has 0 spiro atoms. The summed E-state index contributed by atoms with van der Waals surface area (Å²) in [6.45, 7) is 4.45. The average Bonchev–Trinajstić information content (AvgIpc) is 2.07. The van der Waals surface area contributed by atoms with E-state index in [1.54, 1.807) is 0 Å². The Morgan fingerprint density at radius 1 is 1.54 bits per heavy atom. The second-order valence-corrected chi connectivity index (χ2v) is 2.17. The van der Waals surface area contributed by atoms with E-state index in [1.807, 2.05) is 19.0 Å². The third kappa shape index (κ3) is 18.4. The molecule has 0 amide bonds. The second-order valence-electron chi connectivity index (χ2n) is 2.17. The Bertz CT molecular complexity index is 129. The highest BCUT2D eigenvalue weighted by molar-refractivity contribution is 6.15. The van der Waals surface area contributed by atoms with Crippen molar-refractivity contribution in [2.75, 3.05) is 33.6 Å². The molecular weight excluding hydrogens is 192 g/mol. The number of nitrogens with zero attached hydrogens (tertiary/aromatic N) is 1. The van der Waals surface area contributed by atoms with Crippen molar-refractivity contribution < 1.29 is 9.53 Å². The van der Waals surface area contributed by atoms with Crippen LogP contribution in [-0.2, 0) is 9.53 Å². The molecule has 5 heteroatoms. The van der Waals surface area contributed by atoms with E-state index in [4.69, 9.17) is 4.74 Å². The Labute approximate surface area is 85.1 Å². The van der Waals surface area contributed by atoms with Crippen molar-refractivity contribution in [3.8, 4) is 0 Å². The quantitative estimate of drug-likeness (QED) is 0.432. The number of rotatable bonds is 4. The van der Waals surface area contributed by atoms with Gasteiger partial charge in [-0.25, -0.2) is 4.79 Å². The molecule has 13 heavy (non-hydrogen) atoms. The lowest BCUT2D eigenvalue weighted by molar-refractivity contribution is -0.137. The zero-order valence-electron chi connectivity index (χ0n) is 8.55. The molecule has 0 unspecified atom stereocenters. The molecule has 0 radical (unpaired) electrons. The molecular formula is C8H19ClN2O2. The van der Waals surface area contributed by atoms with Crippen molar-refractivity contribution in [3.05, 3.63) is 12.7 Å². The lowest BCUT2D eigenvalue weighted by Crippen LogP contribution is -2.19. The number of hydrogen-bond acceptors (Lipinski definition) is 4. The third-order valence-electron chi connectivity index (χ3n) is 0.949. The highest BCUT2D eigenvalue weighted by atomic mass is 35.5. The monoisotopic (exact) mass is 210 g/mol. The van der Waals surface area contributed by atoms with Crippen LogP contribution in [0.25, 0.3) is 0 Å². The molecule has 0 aromatic heterocycles. The lowest BCUT2D eigenvalue weighted by atomic mass is 10.6. The van der Waals surface area contributed by atoms with E-state index < -0.39 is 0 Å². The minimum Gasteiger partial charge on any atom is -0.461 e. The number of carbonyl (C=O) groups is 1. The third-order valence-corrected chi connectivity index (χ3v) is 0.949. The zero-order chi connectivity index (χ0) is 9.98. The molecule has 0 atom stereocenters. The normalized spacial score (nSPS) is 7.77. The van der Waals surface area contributed by atoms with Gasteiger partial charge in [0.05, 0.1) is 0 Å². The first-order chi connectivity index (χ1) is 5.66. The zero-order valence-corrected chi connectivity index (χ0v) is 9.30. The standard InChI is InChI=1S/C7H13NO2.CH3Cl.H3N/c1-4-7(9)10-6-5-8(2)3;1-2;/h4H,1,5-6H2,2-3H3;1H3;1H3. The van der Waals surface area contributed by atoms with Crippen LogP contribution in [-0.4, -0.2) is 44.5 Å². The molecule has 0 fully saturated rings. The SMILES string of the molecule is C=CC(=O)OCCN(C)C.CCl.N. The van der Waals surface area contributed by atoms with Crippen molar-refractivity contribution >= 4 is 17.6 Å². The van der Waals surface area contributed by atoms with Gasteiger partial charge in [0.25, 0.3) is 0 Å². The van der Waals surface area contributed by atoms with Gasteiger partial charge in [-0.2, -0.15) is 0 Å². The maximum Gasteiger partial charge on any atom is 0.330 e. The van der Waals surface area contributed by atoms with Crippen LogP contribution in [0.1, 0.15) is 0 Å². The summed E-state index contributed by atoms with van der Waals surface area (Å²) in [6.07, 6.45) is 2.63. The average molecular weight is 211 g/mol. The van der Waals surface area contributed by atoms with E-state index in [0.717, 1.165) is 12.6 Å². The largest absolute Gasteiger partial charge is 0.461 e. The number of carbonyl (C=O) groups excluding carboxylic acids is 1. The number of alkyl halides is 1. The highest BCUT2D eigenvalue weighted by Crippen LogP contribution is 1.80. The predicted octanol–water partition coefficient (Wildman–Crippen LogP) is 1.29. The molecule has 0 rings (SSSR count).